The van der Waals surface area contributed by atoms with E-state index in [9.17, 15) is 9.90 Å². The maximum atomic E-state index is 11.2. The van der Waals surface area contributed by atoms with Crippen LogP contribution in [0.3, 0.4) is 0 Å². The predicted octanol–water partition coefficient (Wildman–Crippen LogP) is 3.52. The molecule has 2 rings (SSSR count). The molecule has 0 radical (unpaired) electrons. The van der Waals surface area contributed by atoms with Crippen molar-refractivity contribution in [2.24, 2.45) is 0 Å². The van der Waals surface area contributed by atoms with Crippen molar-refractivity contribution in [2.75, 3.05) is 11.1 Å². The molecule has 5 nitrogen and oxygen atoms in total. The van der Waals surface area contributed by atoms with Gasteiger partial charge in [0, 0.05) is 16.3 Å². The second kappa shape index (κ2) is 5.73. The summed E-state index contributed by atoms with van der Waals surface area (Å²) in [5, 5.41) is 13.5. The Hall–Kier alpha value is -2.08. The number of benzene rings is 1. The number of nitrogens with one attached hydrogen (secondary N) is 1. The highest BCUT2D eigenvalue weighted by molar-refractivity contribution is 7.11. The van der Waals surface area contributed by atoms with Gasteiger partial charge in [0.2, 0.25) is 0 Å². The Bertz CT molecular complexity index is 694. The summed E-state index contributed by atoms with van der Waals surface area (Å²) in [6.07, 6.45) is 0. The van der Waals surface area contributed by atoms with E-state index in [0.29, 0.717) is 5.69 Å². The lowest BCUT2D eigenvalue weighted by Crippen LogP contribution is -2.10. The summed E-state index contributed by atoms with van der Waals surface area (Å²) in [7, 11) is 0. The summed E-state index contributed by atoms with van der Waals surface area (Å²) in [5.74, 6) is -1.02. The van der Waals surface area contributed by atoms with E-state index < -0.39 is 5.97 Å². The minimum atomic E-state index is -1.02. The minimum absolute atomic E-state index is 0.0564. The molecular weight excluding hydrogens is 286 g/mol. The summed E-state index contributed by atoms with van der Waals surface area (Å²) in [5.41, 5.74) is 8.74. The van der Waals surface area contributed by atoms with E-state index in [1.165, 1.54) is 0 Å². The Labute approximate surface area is 127 Å². The number of hydrogen-bond acceptors (Lipinski definition) is 5. The summed E-state index contributed by atoms with van der Waals surface area (Å²) >= 11 is 1.64. The van der Waals surface area contributed by atoms with Crippen molar-refractivity contribution in [2.45, 2.75) is 33.7 Å². The molecule has 0 aliphatic rings. The van der Waals surface area contributed by atoms with Gasteiger partial charge in [0.05, 0.1) is 22.3 Å². The molecule has 0 saturated heterocycles. The van der Waals surface area contributed by atoms with Crippen molar-refractivity contribution in [3.63, 3.8) is 0 Å². The lowest BCUT2D eigenvalue weighted by Gasteiger charge is -2.16. The number of anilines is 2. The van der Waals surface area contributed by atoms with Gasteiger partial charge in [-0.05, 0) is 45.4 Å². The average Bonchev–Trinajstić information content (AvgIpc) is 2.72. The number of aryl methyl sites for hydroxylation is 3. The molecule has 21 heavy (non-hydrogen) atoms. The standard InChI is InChI=1S/C15H19N3O2S/c1-7-5-11(6-12(13(7)16)15(19)20)18-9(3)14-8(2)17-10(4)21-14/h5-6,9,18H,16H2,1-4H3,(H,19,20). The number of nitrogens with two attached hydrogens (primary N) is 1. The molecule has 6 heteroatoms. The third-order valence-electron chi connectivity index (χ3n) is 3.33. The van der Waals surface area contributed by atoms with Crippen LogP contribution in [0, 0.1) is 20.8 Å². The van der Waals surface area contributed by atoms with Gasteiger partial charge < -0.3 is 16.2 Å². The molecule has 4 N–H and O–H groups in total. The fraction of sp³-hybridized carbons (Fsp3) is 0.333. The molecule has 0 fully saturated rings. The zero-order valence-corrected chi connectivity index (χ0v) is 13.3. The number of carboxylic acids is 1. The lowest BCUT2D eigenvalue weighted by atomic mass is 10.1. The number of nitrogen functional groups attached to an aromatic ring is 1. The summed E-state index contributed by atoms with van der Waals surface area (Å²) in [6.45, 7) is 7.80. The number of thiazole rings is 1. The van der Waals surface area contributed by atoms with E-state index >= 15 is 0 Å². The monoisotopic (exact) mass is 305 g/mol. The largest absolute Gasteiger partial charge is 0.478 e. The minimum Gasteiger partial charge on any atom is -0.478 e. The van der Waals surface area contributed by atoms with Gasteiger partial charge in [-0.3, -0.25) is 0 Å². The van der Waals surface area contributed by atoms with Gasteiger partial charge in [0.1, 0.15) is 0 Å². The molecule has 1 aromatic carbocycles. The average molecular weight is 305 g/mol. The molecule has 0 saturated carbocycles. The fourth-order valence-corrected chi connectivity index (χ4v) is 3.25. The van der Waals surface area contributed by atoms with Gasteiger partial charge >= 0.3 is 5.97 Å². The van der Waals surface area contributed by atoms with E-state index in [2.05, 4.69) is 10.3 Å². The van der Waals surface area contributed by atoms with Crippen LogP contribution in [0.5, 0.6) is 0 Å². The van der Waals surface area contributed by atoms with Gasteiger partial charge in [-0.15, -0.1) is 11.3 Å². The number of aromatic carboxylic acids is 1. The fourth-order valence-electron chi connectivity index (χ4n) is 2.32. The van der Waals surface area contributed by atoms with Crippen LogP contribution < -0.4 is 11.1 Å². The molecule has 0 aliphatic carbocycles. The highest BCUT2D eigenvalue weighted by Crippen LogP contribution is 2.29. The Morgan fingerprint density at radius 3 is 2.57 bits per heavy atom. The van der Waals surface area contributed by atoms with Gasteiger partial charge in [0.15, 0.2) is 0 Å². The predicted molar refractivity (Wildman–Crippen MR) is 86.2 cm³/mol. The van der Waals surface area contributed by atoms with E-state index in [1.807, 2.05) is 26.8 Å². The van der Waals surface area contributed by atoms with Crippen LogP contribution in [0.1, 0.15) is 44.5 Å². The van der Waals surface area contributed by atoms with Crippen LogP contribution in [0.25, 0.3) is 0 Å². The molecule has 112 valence electrons. The van der Waals surface area contributed by atoms with E-state index in [1.54, 1.807) is 24.3 Å². The van der Waals surface area contributed by atoms with Crippen molar-refractivity contribution in [1.82, 2.24) is 4.98 Å². The zero-order chi connectivity index (χ0) is 15.7. The molecule has 2 aromatic rings. The first-order valence-corrected chi connectivity index (χ1v) is 7.45. The molecule has 1 aromatic heterocycles. The topological polar surface area (TPSA) is 88.2 Å². The Morgan fingerprint density at radius 2 is 2.05 bits per heavy atom. The van der Waals surface area contributed by atoms with E-state index in [0.717, 1.165) is 26.8 Å². The Kier molecular flexibility index (Phi) is 4.18. The second-order valence-electron chi connectivity index (χ2n) is 5.11. The van der Waals surface area contributed by atoms with Gasteiger partial charge in [-0.25, -0.2) is 9.78 Å². The first-order chi connectivity index (χ1) is 9.79. The maximum Gasteiger partial charge on any atom is 0.337 e. The zero-order valence-electron chi connectivity index (χ0n) is 12.5. The molecule has 0 bridgehead atoms. The van der Waals surface area contributed by atoms with Crippen LogP contribution in [-0.2, 0) is 0 Å². The van der Waals surface area contributed by atoms with Crippen LogP contribution in [0.15, 0.2) is 12.1 Å². The SMILES string of the molecule is Cc1nc(C)c(C(C)Nc2cc(C)c(N)c(C(=O)O)c2)s1. The molecule has 0 spiro atoms. The normalized spacial score (nSPS) is 12.2. The number of carbonyl (C=O) groups is 1. The van der Waals surface area contributed by atoms with Gasteiger partial charge in [0.25, 0.3) is 0 Å². The number of hydrogen-bond donors (Lipinski definition) is 3. The van der Waals surface area contributed by atoms with E-state index in [-0.39, 0.29) is 11.6 Å². The van der Waals surface area contributed by atoms with Gasteiger partial charge in [-0.2, -0.15) is 0 Å². The Balaban J connectivity index is 2.31. The number of nitrogens with zero attached hydrogens (tertiary/aromatic N) is 1. The van der Waals surface area contributed by atoms with Crippen LogP contribution in [0.4, 0.5) is 11.4 Å². The molecule has 0 amide bonds. The third-order valence-corrected chi connectivity index (χ3v) is 4.59. The Morgan fingerprint density at radius 1 is 1.38 bits per heavy atom. The van der Waals surface area contributed by atoms with Gasteiger partial charge in [-0.1, -0.05) is 0 Å². The van der Waals surface area contributed by atoms with Crippen LogP contribution in [-0.4, -0.2) is 16.1 Å². The van der Waals surface area contributed by atoms with Crippen LogP contribution >= 0.6 is 11.3 Å². The first-order valence-electron chi connectivity index (χ1n) is 6.63. The van der Waals surface area contributed by atoms with Crippen LogP contribution in [0.2, 0.25) is 0 Å². The van der Waals surface area contributed by atoms with E-state index in [4.69, 9.17) is 5.73 Å². The molecule has 1 unspecified atom stereocenters. The highest BCUT2D eigenvalue weighted by Gasteiger charge is 2.16. The highest BCUT2D eigenvalue weighted by atomic mass is 32.1. The van der Waals surface area contributed by atoms with Crippen molar-refractivity contribution in [1.29, 1.82) is 0 Å². The third kappa shape index (κ3) is 3.16. The van der Waals surface area contributed by atoms with Crippen molar-refractivity contribution >= 4 is 28.7 Å². The number of rotatable bonds is 4. The lowest BCUT2D eigenvalue weighted by molar-refractivity contribution is 0.0698. The first kappa shape index (κ1) is 15.3. The molecule has 1 atom stereocenters. The second-order valence-corrected chi connectivity index (χ2v) is 6.34. The molecule has 0 aliphatic heterocycles. The quantitative estimate of drug-likeness (QED) is 0.752. The summed E-state index contributed by atoms with van der Waals surface area (Å²) in [6, 6.07) is 3.49. The van der Waals surface area contributed by atoms with Crippen molar-refractivity contribution in [3.05, 3.63) is 38.8 Å². The summed E-state index contributed by atoms with van der Waals surface area (Å²) < 4.78 is 0. The maximum absolute atomic E-state index is 11.2. The van der Waals surface area contributed by atoms with Crippen molar-refractivity contribution in [3.8, 4) is 0 Å². The smallest absolute Gasteiger partial charge is 0.337 e. The molecular formula is C15H19N3O2S. The molecule has 1 heterocycles. The number of aromatic nitrogens is 1. The van der Waals surface area contributed by atoms with Crippen molar-refractivity contribution < 1.29 is 9.90 Å². The number of carboxylic acid groups (broad SMARTS) is 1. The summed E-state index contributed by atoms with van der Waals surface area (Å²) in [4.78, 5) is 16.8.